The second kappa shape index (κ2) is 3.66. The average molecular weight is 286 g/mol. The highest BCUT2D eigenvalue weighted by molar-refractivity contribution is 8.15. The first-order valence-electron chi connectivity index (χ1n) is 6.77. The summed E-state index contributed by atoms with van der Waals surface area (Å²) in [6, 6.07) is 0.559. The molecule has 5 atom stereocenters. The Bertz CT molecular complexity index is 504. The molecule has 0 aromatic heterocycles. The number of thioether (sulfide) groups is 1. The van der Waals surface area contributed by atoms with Crippen LogP contribution < -0.4 is 0 Å². The van der Waals surface area contributed by atoms with E-state index in [2.05, 4.69) is 4.90 Å². The number of fused-ring (bicyclic) bond motifs is 3. The van der Waals surface area contributed by atoms with Gasteiger partial charge in [-0.3, -0.25) is 5.41 Å². The van der Waals surface area contributed by atoms with E-state index in [9.17, 15) is 8.42 Å². The van der Waals surface area contributed by atoms with Crippen LogP contribution in [0.1, 0.15) is 25.7 Å². The summed E-state index contributed by atoms with van der Waals surface area (Å²) in [7, 11) is -2.86. The van der Waals surface area contributed by atoms with Crippen LogP contribution in [-0.4, -0.2) is 47.3 Å². The summed E-state index contributed by atoms with van der Waals surface area (Å²) in [5.74, 6) is 2.12. The van der Waals surface area contributed by atoms with Crippen molar-refractivity contribution in [1.82, 2.24) is 4.90 Å². The molecule has 2 saturated carbocycles. The number of nitrogens with zero attached hydrogens (tertiary/aromatic N) is 1. The summed E-state index contributed by atoms with van der Waals surface area (Å²) in [6.45, 7) is 0. The van der Waals surface area contributed by atoms with Gasteiger partial charge in [0.1, 0.15) is 0 Å². The van der Waals surface area contributed by atoms with Crippen LogP contribution in [-0.2, 0) is 9.84 Å². The van der Waals surface area contributed by atoms with Crippen molar-refractivity contribution < 1.29 is 8.42 Å². The van der Waals surface area contributed by atoms with E-state index in [-0.39, 0.29) is 22.8 Å². The summed E-state index contributed by atoms with van der Waals surface area (Å²) in [5.41, 5.74) is 0. The Balaban J connectivity index is 1.62. The quantitative estimate of drug-likeness (QED) is 0.790. The molecule has 4 fully saturated rings. The van der Waals surface area contributed by atoms with Crippen LogP contribution in [0.2, 0.25) is 0 Å². The molecule has 100 valence electrons. The number of amidine groups is 1. The molecule has 0 amide bonds. The number of nitrogens with one attached hydrogen (secondary N) is 1. The van der Waals surface area contributed by atoms with Crippen molar-refractivity contribution in [3.05, 3.63) is 0 Å². The molecule has 4 nitrogen and oxygen atoms in total. The Morgan fingerprint density at radius 1 is 1.17 bits per heavy atom. The maximum Gasteiger partial charge on any atom is 0.157 e. The van der Waals surface area contributed by atoms with Crippen LogP contribution in [0.25, 0.3) is 0 Å². The van der Waals surface area contributed by atoms with E-state index in [0.29, 0.717) is 11.2 Å². The van der Waals surface area contributed by atoms with Crippen LogP contribution in [0.4, 0.5) is 0 Å². The largest absolute Gasteiger partial charge is 0.343 e. The Hall–Kier alpha value is -0.230. The van der Waals surface area contributed by atoms with Crippen molar-refractivity contribution in [2.24, 2.45) is 11.8 Å². The summed E-state index contributed by atoms with van der Waals surface area (Å²) >= 11 is 1.49. The van der Waals surface area contributed by atoms with Crippen molar-refractivity contribution in [2.45, 2.75) is 43.0 Å². The Kier molecular flexibility index (Phi) is 2.35. The number of rotatable bonds is 1. The zero-order valence-corrected chi connectivity index (χ0v) is 11.8. The van der Waals surface area contributed by atoms with Crippen molar-refractivity contribution in [1.29, 1.82) is 5.41 Å². The molecule has 2 bridgehead atoms. The van der Waals surface area contributed by atoms with Gasteiger partial charge in [0.2, 0.25) is 0 Å². The zero-order valence-electron chi connectivity index (χ0n) is 10.2. The molecule has 0 radical (unpaired) electrons. The molecule has 18 heavy (non-hydrogen) atoms. The molecule has 2 aliphatic carbocycles. The number of sulfone groups is 1. The molecule has 0 aromatic carbocycles. The minimum atomic E-state index is -2.86. The van der Waals surface area contributed by atoms with Gasteiger partial charge in [-0.05, 0) is 31.1 Å². The fourth-order valence-electron chi connectivity index (χ4n) is 4.47. The summed E-state index contributed by atoms with van der Waals surface area (Å²) < 4.78 is 23.5. The van der Waals surface area contributed by atoms with Gasteiger partial charge in [-0.25, -0.2) is 8.42 Å². The SMILES string of the molecule is N=C1S[C@@H]2CS(=O)(=O)C[C@H]2N1[C@H]1C[C@H]2CC[C@H]1C2. The summed E-state index contributed by atoms with van der Waals surface area (Å²) in [5, 5.41) is 8.94. The number of hydrogen-bond acceptors (Lipinski definition) is 4. The van der Waals surface area contributed by atoms with E-state index in [1.165, 1.54) is 37.4 Å². The highest BCUT2D eigenvalue weighted by Gasteiger charge is 2.53. The van der Waals surface area contributed by atoms with Crippen molar-refractivity contribution in [2.75, 3.05) is 11.5 Å². The van der Waals surface area contributed by atoms with Crippen LogP contribution in [0, 0.1) is 17.2 Å². The maximum atomic E-state index is 11.8. The highest BCUT2D eigenvalue weighted by Crippen LogP contribution is 2.50. The normalized spacial score (nSPS) is 49.0. The van der Waals surface area contributed by atoms with E-state index in [4.69, 9.17) is 5.41 Å². The van der Waals surface area contributed by atoms with Gasteiger partial charge < -0.3 is 4.90 Å². The second-order valence-electron chi connectivity index (χ2n) is 6.26. The third-order valence-electron chi connectivity index (χ3n) is 5.18. The van der Waals surface area contributed by atoms with E-state index >= 15 is 0 Å². The molecular weight excluding hydrogens is 268 g/mol. The van der Waals surface area contributed by atoms with Crippen molar-refractivity contribution >= 4 is 26.8 Å². The molecule has 1 N–H and O–H groups in total. The minimum absolute atomic E-state index is 0.0943. The van der Waals surface area contributed by atoms with Crippen molar-refractivity contribution in [3.63, 3.8) is 0 Å². The van der Waals surface area contributed by atoms with Crippen LogP contribution in [0.3, 0.4) is 0 Å². The van der Waals surface area contributed by atoms with Gasteiger partial charge >= 0.3 is 0 Å². The molecule has 2 saturated heterocycles. The second-order valence-corrected chi connectivity index (χ2v) is 9.64. The molecule has 4 aliphatic rings. The first-order chi connectivity index (χ1) is 8.53. The maximum absolute atomic E-state index is 11.8. The topological polar surface area (TPSA) is 61.2 Å². The first-order valence-corrected chi connectivity index (χ1v) is 9.47. The van der Waals surface area contributed by atoms with Gasteiger partial charge in [0.05, 0.1) is 17.5 Å². The number of hydrogen-bond donors (Lipinski definition) is 1. The van der Waals surface area contributed by atoms with E-state index in [1.807, 2.05) is 0 Å². The molecule has 6 heteroatoms. The monoisotopic (exact) mass is 286 g/mol. The lowest BCUT2D eigenvalue weighted by molar-refractivity contribution is 0.198. The summed E-state index contributed by atoms with van der Waals surface area (Å²) in [4.78, 5) is 2.18. The Labute approximate surface area is 112 Å². The Morgan fingerprint density at radius 3 is 2.67 bits per heavy atom. The highest BCUT2D eigenvalue weighted by atomic mass is 32.2. The third-order valence-corrected chi connectivity index (χ3v) is 8.33. The van der Waals surface area contributed by atoms with Gasteiger partial charge in [0.15, 0.2) is 15.0 Å². The van der Waals surface area contributed by atoms with Gasteiger partial charge in [0, 0.05) is 11.3 Å². The zero-order chi connectivity index (χ0) is 12.5. The first kappa shape index (κ1) is 11.6. The van der Waals surface area contributed by atoms with E-state index < -0.39 is 9.84 Å². The molecule has 2 heterocycles. The fraction of sp³-hybridized carbons (Fsp3) is 0.917. The molecule has 2 aliphatic heterocycles. The molecular formula is C12H18N2O2S2. The minimum Gasteiger partial charge on any atom is -0.343 e. The molecule has 0 aromatic rings. The van der Waals surface area contributed by atoms with E-state index in [0.717, 1.165) is 11.8 Å². The van der Waals surface area contributed by atoms with Crippen LogP contribution in [0.5, 0.6) is 0 Å². The lowest BCUT2D eigenvalue weighted by atomic mass is 9.93. The van der Waals surface area contributed by atoms with Crippen LogP contribution in [0.15, 0.2) is 0 Å². The smallest absolute Gasteiger partial charge is 0.157 e. The lowest BCUT2D eigenvalue weighted by Gasteiger charge is -2.35. The van der Waals surface area contributed by atoms with Crippen LogP contribution >= 0.6 is 11.8 Å². The van der Waals surface area contributed by atoms with Gasteiger partial charge in [-0.1, -0.05) is 18.2 Å². The third kappa shape index (κ3) is 1.57. The fourth-order valence-corrected chi connectivity index (χ4v) is 8.32. The van der Waals surface area contributed by atoms with Gasteiger partial charge in [-0.15, -0.1) is 0 Å². The molecule has 0 unspecified atom stereocenters. The standard InChI is InChI=1S/C12H18N2O2S2/c13-12-14(9-4-7-1-2-8(9)3-7)10-5-18(15,16)6-11(10)17-12/h7-11,13H,1-6H2/t7-,8-,9-,10+,11+/m0/s1. The average Bonchev–Trinajstić information content (AvgIpc) is 2.96. The lowest BCUT2D eigenvalue weighted by Crippen LogP contribution is -2.46. The Morgan fingerprint density at radius 2 is 2.00 bits per heavy atom. The van der Waals surface area contributed by atoms with E-state index in [1.54, 1.807) is 0 Å². The van der Waals surface area contributed by atoms with Gasteiger partial charge in [-0.2, -0.15) is 0 Å². The van der Waals surface area contributed by atoms with Gasteiger partial charge in [0.25, 0.3) is 0 Å². The predicted octanol–water partition coefficient (Wildman–Crippen LogP) is 1.32. The molecule has 0 spiro atoms. The molecule has 4 rings (SSSR count). The summed E-state index contributed by atoms with van der Waals surface area (Å²) in [6.07, 6.45) is 5.13. The van der Waals surface area contributed by atoms with Crippen molar-refractivity contribution in [3.8, 4) is 0 Å². The predicted molar refractivity (Wildman–Crippen MR) is 72.6 cm³/mol.